The van der Waals surface area contributed by atoms with Crippen LogP contribution in [0, 0.1) is 0 Å². The van der Waals surface area contributed by atoms with E-state index in [1.807, 2.05) is 55.5 Å². The zero-order chi connectivity index (χ0) is 13.0. The van der Waals surface area contributed by atoms with Gasteiger partial charge >= 0.3 is 0 Å². The molecule has 2 rings (SSSR count). The maximum absolute atomic E-state index is 10.8. The predicted molar refractivity (Wildman–Crippen MR) is 72.9 cm³/mol. The van der Waals surface area contributed by atoms with E-state index in [1.54, 1.807) is 7.11 Å². The fourth-order valence-electron chi connectivity index (χ4n) is 1.93. The highest BCUT2D eigenvalue weighted by Gasteiger charge is 2.10. The molecule has 2 heteroatoms. The van der Waals surface area contributed by atoms with Gasteiger partial charge < -0.3 is 9.53 Å². The summed E-state index contributed by atoms with van der Waals surface area (Å²) in [5.74, 6) is 0.691. The van der Waals surface area contributed by atoms with Crippen LogP contribution >= 0.6 is 0 Å². The first-order chi connectivity index (χ1) is 8.76. The third-order valence-electron chi connectivity index (χ3n) is 3.04. The number of rotatable bonds is 4. The zero-order valence-corrected chi connectivity index (χ0v) is 10.6. The van der Waals surface area contributed by atoms with Crippen LogP contribution in [0.1, 0.15) is 18.4 Å². The monoisotopic (exact) mass is 240 g/mol. The number of aldehydes is 1. The molecule has 0 N–H and O–H groups in total. The zero-order valence-electron chi connectivity index (χ0n) is 10.6. The lowest BCUT2D eigenvalue weighted by Gasteiger charge is -2.12. The summed E-state index contributed by atoms with van der Waals surface area (Å²) in [6.07, 6.45) is 0.941. The van der Waals surface area contributed by atoms with Crippen molar-refractivity contribution in [1.82, 2.24) is 0 Å². The molecule has 0 radical (unpaired) electrons. The average molecular weight is 240 g/mol. The van der Waals surface area contributed by atoms with Gasteiger partial charge in [0.25, 0.3) is 0 Å². The minimum Gasteiger partial charge on any atom is -0.496 e. The highest BCUT2D eigenvalue weighted by molar-refractivity contribution is 5.72. The Hall–Kier alpha value is -2.09. The molecule has 0 aliphatic rings. The lowest BCUT2D eigenvalue weighted by molar-refractivity contribution is -0.108. The van der Waals surface area contributed by atoms with E-state index >= 15 is 0 Å². The first kappa shape index (κ1) is 12.4. The van der Waals surface area contributed by atoms with Gasteiger partial charge in [0.15, 0.2) is 0 Å². The van der Waals surface area contributed by atoms with Gasteiger partial charge in [0.05, 0.1) is 7.11 Å². The fraction of sp³-hybridized carbons (Fsp3) is 0.188. The minimum absolute atomic E-state index is 0.108. The number of hydrogen-bond acceptors (Lipinski definition) is 2. The van der Waals surface area contributed by atoms with Crippen molar-refractivity contribution in [3.8, 4) is 16.9 Å². The summed E-state index contributed by atoms with van der Waals surface area (Å²) in [6, 6.07) is 16.0. The molecule has 2 aromatic rings. The van der Waals surface area contributed by atoms with E-state index in [9.17, 15) is 4.79 Å². The standard InChI is InChI=1S/C16H16O2/c1-12(11-17)14-8-9-15(16(10-14)18-2)13-6-4-3-5-7-13/h3-12H,1-2H3. The summed E-state index contributed by atoms with van der Waals surface area (Å²) < 4.78 is 5.42. The highest BCUT2D eigenvalue weighted by Crippen LogP contribution is 2.32. The van der Waals surface area contributed by atoms with Gasteiger partial charge in [0, 0.05) is 11.5 Å². The molecule has 2 aromatic carbocycles. The molecule has 92 valence electrons. The van der Waals surface area contributed by atoms with E-state index < -0.39 is 0 Å². The SMILES string of the molecule is COc1cc(C(C)C=O)ccc1-c1ccccc1. The van der Waals surface area contributed by atoms with E-state index in [0.717, 1.165) is 28.7 Å². The summed E-state index contributed by atoms with van der Waals surface area (Å²) in [7, 11) is 1.65. The van der Waals surface area contributed by atoms with E-state index in [0.29, 0.717) is 0 Å². The predicted octanol–water partition coefficient (Wildman–Crippen LogP) is 3.66. The third-order valence-corrected chi connectivity index (χ3v) is 3.04. The number of carbonyl (C=O) groups is 1. The summed E-state index contributed by atoms with van der Waals surface area (Å²) >= 11 is 0. The van der Waals surface area contributed by atoms with Crippen LogP contribution in [0.2, 0.25) is 0 Å². The van der Waals surface area contributed by atoms with E-state index in [1.165, 1.54) is 0 Å². The molecule has 0 bridgehead atoms. The van der Waals surface area contributed by atoms with E-state index in [-0.39, 0.29) is 5.92 Å². The van der Waals surface area contributed by atoms with Crippen molar-refractivity contribution < 1.29 is 9.53 Å². The normalized spacial score (nSPS) is 11.9. The lowest BCUT2D eigenvalue weighted by Crippen LogP contribution is -1.96. The number of methoxy groups -OCH3 is 1. The molecule has 2 nitrogen and oxygen atoms in total. The average Bonchev–Trinajstić information content (AvgIpc) is 2.46. The van der Waals surface area contributed by atoms with Crippen LogP contribution in [0.3, 0.4) is 0 Å². The second-order valence-electron chi connectivity index (χ2n) is 4.25. The first-order valence-electron chi connectivity index (χ1n) is 5.95. The van der Waals surface area contributed by atoms with E-state index in [4.69, 9.17) is 4.74 Å². The Balaban J connectivity index is 2.47. The minimum atomic E-state index is -0.108. The second-order valence-corrected chi connectivity index (χ2v) is 4.25. The summed E-state index contributed by atoms with van der Waals surface area (Å²) in [5, 5.41) is 0. The van der Waals surface area contributed by atoms with Crippen molar-refractivity contribution >= 4 is 6.29 Å². The molecule has 0 amide bonds. The number of carbonyl (C=O) groups excluding carboxylic acids is 1. The fourth-order valence-corrected chi connectivity index (χ4v) is 1.93. The molecule has 0 aliphatic heterocycles. The van der Waals surface area contributed by atoms with Gasteiger partial charge in [-0.2, -0.15) is 0 Å². The van der Waals surface area contributed by atoms with E-state index in [2.05, 4.69) is 0 Å². The van der Waals surface area contributed by atoms with Gasteiger partial charge in [-0.1, -0.05) is 49.4 Å². The van der Waals surface area contributed by atoms with Crippen LogP contribution in [-0.4, -0.2) is 13.4 Å². The van der Waals surface area contributed by atoms with Crippen molar-refractivity contribution in [1.29, 1.82) is 0 Å². The molecule has 0 heterocycles. The molecule has 0 spiro atoms. The maximum Gasteiger partial charge on any atom is 0.127 e. The Bertz CT molecular complexity index is 532. The van der Waals surface area contributed by atoms with Crippen LogP contribution in [0.25, 0.3) is 11.1 Å². The number of benzene rings is 2. The Morgan fingerprint density at radius 3 is 2.44 bits per heavy atom. The molecule has 0 aromatic heterocycles. The van der Waals surface area contributed by atoms with Crippen molar-refractivity contribution in [3.05, 3.63) is 54.1 Å². The van der Waals surface area contributed by atoms with Crippen molar-refractivity contribution in [2.75, 3.05) is 7.11 Å². The number of ether oxygens (including phenoxy) is 1. The maximum atomic E-state index is 10.8. The third kappa shape index (κ3) is 2.43. The Morgan fingerprint density at radius 1 is 1.11 bits per heavy atom. The van der Waals surface area contributed by atoms with Gasteiger partial charge in [0.2, 0.25) is 0 Å². The Labute approximate surface area is 107 Å². The van der Waals surface area contributed by atoms with Gasteiger partial charge in [-0.15, -0.1) is 0 Å². The Morgan fingerprint density at radius 2 is 1.83 bits per heavy atom. The molecule has 18 heavy (non-hydrogen) atoms. The van der Waals surface area contributed by atoms with Crippen LogP contribution in [0.5, 0.6) is 5.75 Å². The Kier molecular flexibility index (Phi) is 3.78. The van der Waals surface area contributed by atoms with Crippen molar-refractivity contribution in [2.45, 2.75) is 12.8 Å². The smallest absolute Gasteiger partial charge is 0.127 e. The molecule has 0 fully saturated rings. The quantitative estimate of drug-likeness (QED) is 0.762. The van der Waals surface area contributed by atoms with Crippen molar-refractivity contribution in [3.63, 3.8) is 0 Å². The van der Waals surface area contributed by atoms with Crippen LogP contribution in [0.4, 0.5) is 0 Å². The second kappa shape index (κ2) is 5.50. The van der Waals surface area contributed by atoms with Crippen LogP contribution < -0.4 is 4.74 Å². The van der Waals surface area contributed by atoms with Gasteiger partial charge in [-0.05, 0) is 17.2 Å². The summed E-state index contributed by atoms with van der Waals surface area (Å²) in [6.45, 7) is 1.88. The topological polar surface area (TPSA) is 26.3 Å². The summed E-state index contributed by atoms with van der Waals surface area (Å²) in [4.78, 5) is 10.8. The molecule has 0 saturated heterocycles. The first-order valence-corrected chi connectivity index (χ1v) is 5.95. The molecule has 0 saturated carbocycles. The molecular weight excluding hydrogens is 224 g/mol. The molecular formula is C16H16O2. The molecule has 1 unspecified atom stereocenters. The number of hydrogen-bond donors (Lipinski definition) is 0. The lowest BCUT2D eigenvalue weighted by atomic mass is 9.97. The van der Waals surface area contributed by atoms with Gasteiger partial charge in [-0.3, -0.25) is 0 Å². The van der Waals surface area contributed by atoms with Crippen LogP contribution in [-0.2, 0) is 4.79 Å². The van der Waals surface area contributed by atoms with Gasteiger partial charge in [0.1, 0.15) is 12.0 Å². The largest absolute Gasteiger partial charge is 0.496 e. The van der Waals surface area contributed by atoms with Crippen molar-refractivity contribution in [2.24, 2.45) is 0 Å². The molecule has 1 atom stereocenters. The highest BCUT2D eigenvalue weighted by atomic mass is 16.5. The molecule has 0 aliphatic carbocycles. The van der Waals surface area contributed by atoms with Crippen LogP contribution in [0.15, 0.2) is 48.5 Å². The summed E-state index contributed by atoms with van der Waals surface area (Å²) in [5.41, 5.74) is 3.13. The van der Waals surface area contributed by atoms with Gasteiger partial charge in [-0.25, -0.2) is 0 Å².